The van der Waals surface area contributed by atoms with Gasteiger partial charge in [-0.1, -0.05) is 25.5 Å². The summed E-state index contributed by atoms with van der Waals surface area (Å²) in [6, 6.07) is 10.3. The largest absolute Gasteiger partial charge is 0.506 e. The molecule has 1 amide bonds. The summed E-state index contributed by atoms with van der Waals surface area (Å²) < 4.78 is 1.56. The number of nitrogens with zero attached hydrogens (tertiary/aromatic N) is 2. The number of unbranched alkanes of at least 4 members (excludes halogenated alkanes) is 1. The van der Waals surface area contributed by atoms with Crippen LogP contribution in [-0.4, -0.2) is 20.6 Å². The van der Waals surface area contributed by atoms with E-state index in [0.717, 1.165) is 12.8 Å². The van der Waals surface area contributed by atoms with E-state index in [1.165, 1.54) is 12.4 Å². The summed E-state index contributed by atoms with van der Waals surface area (Å²) in [5.74, 6) is -0.926. The molecule has 0 unspecified atom stereocenters. The van der Waals surface area contributed by atoms with Gasteiger partial charge in [-0.25, -0.2) is 0 Å². The molecular formula is C19H19N3O3. The minimum Gasteiger partial charge on any atom is -0.506 e. The van der Waals surface area contributed by atoms with Gasteiger partial charge in [-0.15, -0.1) is 0 Å². The van der Waals surface area contributed by atoms with Crippen molar-refractivity contribution in [2.24, 2.45) is 0 Å². The molecule has 0 atom stereocenters. The zero-order valence-corrected chi connectivity index (χ0v) is 13.9. The van der Waals surface area contributed by atoms with E-state index >= 15 is 0 Å². The molecule has 0 radical (unpaired) electrons. The zero-order valence-electron chi connectivity index (χ0n) is 13.9. The van der Waals surface area contributed by atoms with Crippen molar-refractivity contribution in [3.8, 4) is 5.75 Å². The van der Waals surface area contributed by atoms with Crippen molar-refractivity contribution < 1.29 is 9.90 Å². The molecule has 0 spiro atoms. The molecule has 0 saturated heterocycles. The van der Waals surface area contributed by atoms with Gasteiger partial charge in [0.05, 0.1) is 5.52 Å². The van der Waals surface area contributed by atoms with Crippen LogP contribution in [0.4, 0.5) is 5.69 Å². The fourth-order valence-corrected chi connectivity index (χ4v) is 2.76. The zero-order chi connectivity index (χ0) is 17.8. The van der Waals surface area contributed by atoms with Crippen LogP contribution < -0.4 is 10.9 Å². The van der Waals surface area contributed by atoms with E-state index in [9.17, 15) is 14.7 Å². The van der Waals surface area contributed by atoms with E-state index < -0.39 is 11.5 Å². The topological polar surface area (TPSA) is 84.2 Å². The summed E-state index contributed by atoms with van der Waals surface area (Å²) in [6.07, 6.45) is 4.80. The highest BCUT2D eigenvalue weighted by atomic mass is 16.3. The maximum absolute atomic E-state index is 12.9. The third-order valence-corrected chi connectivity index (χ3v) is 4.05. The predicted molar refractivity (Wildman–Crippen MR) is 97.0 cm³/mol. The van der Waals surface area contributed by atoms with Crippen LogP contribution in [0, 0.1) is 0 Å². The molecule has 0 aliphatic carbocycles. The van der Waals surface area contributed by atoms with Gasteiger partial charge in [-0.3, -0.25) is 14.6 Å². The normalized spacial score (nSPS) is 10.8. The third kappa shape index (κ3) is 3.24. The second-order valence-corrected chi connectivity index (χ2v) is 5.74. The van der Waals surface area contributed by atoms with Crippen LogP contribution in [-0.2, 0) is 6.54 Å². The molecule has 0 fully saturated rings. The van der Waals surface area contributed by atoms with Crippen LogP contribution in [0.5, 0.6) is 5.75 Å². The maximum Gasteiger partial charge on any atom is 0.267 e. The van der Waals surface area contributed by atoms with Crippen LogP contribution in [0.3, 0.4) is 0 Å². The smallest absolute Gasteiger partial charge is 0.267 e. The average molecular weight is 337 g/mol. The van der Waals surface area contributed by atoms with Crippen molar-refractivity contribution in [2.75, 3.05) is 5.32 Å². The highest BCUT2D eigenvalue weighted by Gasteiger charge is 2.22. The summed E-state index contributed by atoms with van der Waals surface area (Å²) in [7, 11) is 0. The number of nitrogens with one attached hydrogen (secondary N) is 1. The minimum absolute atomic E-state index is 0.244. The second-order valence-electron chi connectivity index (χ2n) is 5.74. The number of aromatic nitrogens is 2. The standard InChI is InChI=1S/C19H19N3O3/c1-2-3-12-22-15-7-5-4-6-14(15)17(23)16(19(22)25)18(24)21-13-8-10-20-11-9-13/h4-11,23H,2-3,12H2,1H3,(H,20,21,24). The maximum atomic E-state index is 12.9. The number of rotatable bonds is 5. The van der Waals surface area contributed by atoms with Crippen LogP contribution in [0.1, 0.15) is 30.1 Å². The molecule has 2 heterocycles. The number of amides is 1. The predicted octanol–water partition coefficient (Wildman–Crippen LogP) is 3.15. The van der Waals surface area contributed by atoms with Gasteiger partial charge in [0.2, 0.25) is 0 Å². The Bertz CT molecular complexity index is 965. The SMILES string of the molecule is CCCCn1c(=O)c(C(=O)Nc2ccncc2)c(O)c2ccccc21. The Kier molecular flexibility index (Phi) is 4.79. The van der Waals surface area contributed by atoms with Crippen molar-refractivity contribution in [2.45, 2.75) is 26.3 Å². The molecule has 25 heavy (non-hydrogen) atoms. The summed E-state index contributed by atoms with van der Waals surface area (Å²) in [5.41, 5.74) is 0.397. The molecular weight excluding hydrogens is 318 g/mol. The number of benzene rings is 1. The number of aryl methyl sites for hydroxylation is 1. The molecule has 0 saturated carbocycles. The Morgan fingerprint density at radius 1 is 1.20 bits per heavy atom. The first-order chi connectivity index (χ1) is 12.1. The lowest BCUT2D eigenvalue weighted by atomic mass is 10.1. The molecule has 2 N–H and O–H groups in total. The summed E-state index contributed by atoms with van der Waals surface area (Å²) in [4.78, 5) is 29.4. The molecule has 3 aromatic rings. The Balaban J connectivity index is 2.14. The van der Waals surface area contributed by atoms with Gasteiger partial charge in [0.25, 0.3) is 11.5 Å². The van der Waals surface area contributed by atoms with Gasteiger partial charge < -0.3 is 15.0 Å². The number of carbonyl (C=O) groups excluding carboxylic acids is 1. The number of para-hydroxylation sites is 1. The molecule has 2 aromatic heterocycles. The first kappa shape index (κ1) is 16.7. The molecule has 6 heteroatoms. The number of pyridine rings is 2. The fourth-order valence-electron chi connectivity index (χ4n) is 2.76. The fraction of sp³-hybridized carbons (Fsp3) is 0.211. The van der Waals surface area contributed by atoms with Gasteiger partial charge in [0.15, 0.2) is 0 Å². The van der Waals surface area contributed by atoms with Gasteiger partial charge in [0.1, 0.15) is 11.3 Å². The number of fused-ring (bicyclic) bond motifs is 1. The second kappa shape index (κ2) is 7.17. The van der Waals surface area contributed by atoms with Crippen molar-refractivity contribution in [1.82, 2.24) is 9.55 Å². The Hall–Kier alpha value is -3.15. The van der Waals surface area contributed by atoms with Crippen molar-refractivity contribution in [3.05, 3.63) is 64.7 Å². The molecule has 0 aliphatic rings. The number of hydrogen-bond acceptors (Lipinski definition) is 4. The highest BCUT2D eigenvalue weighted by molar-refractivity contribution is 6.09. The van der Waals surface area contributed by atoms with E-state index in [2.05, 4.69) is 10.3 Å². The van der Waals surface area contributed by atoms with E-state index in [-0.39, 0.29) is 11.3 Å². The van der Waals surface area contributed by atoms with Crippen LogP contribution in [0.15, 0.2) is 53.6 Å². The molecule has 128 valence electrons. The lowest BCUT2D eigenvalue weighted by Gasteiger charge is -2.14. The Labute approximate surface area is 144 Å². The summed E-state index contributed by atoms with van der Waals surface area (Å²) in [6.45, 7) is 2.52. The quantitative estimate of drug-likeness (QED) is 0.749. The first-order valence-electron chi connectivity index (χ1n) is 8.19. The molecule has 3 rings (SSSR count). The highest BCUT2D eigenvalue weighted by Crippen LogP contribution is 2.27. The van der Waals surface area contributed by atoms with Crippen LogP contribution in [0.25, 0.3) is 10.9 Å². The van der Waals surface area contributed by atoms with E-state index in [1.54, 1.807) is 41.0 Å². The molecule has 0 aliphatic heterocycles. The van der Waals surface area contributed by atoms with E-state index in [4.69, 9.17) is 0 Å². The number of anilines is 1. The first-order valence-corrected chi connectivity index (χ1v) is 8.19. The van der Waals surface area contributed by atoms with Crippen molar-refractivity contribution in [3.63, 3.8) is 0 Å². The molecule has 0 bridgehead atoms. The monoisotopic (exact) mass is 337 g/mol. The Morgan fingerprint density at radius 3 is 2.64 bits per heavy atom. The minimum atomic E-state index is -0.635. The third-order valence-electron chi connectivity index (χ3n) is 4.05. The molecule has 6 nitrogen and oxygen atoms in total. The van der Waals surface area contributed by atoms with Crippen molar-refractivity contribution >= 4 is 22.5 Å². The Morgan fingerprint density at radius 2 is 1.92 bits per heavy atom. The van der Waals surface area contributed by atoms with Crippen LogP contribution in [0.2, 0.25) is 0 Å². The van der Waals surface area contributed by atoms with Gasteiger partial charge in [-0.2, -0.15) is 0 Å². The lowest BCUT2D eigenvalue weighted by Crippen LogP contribution is -2.30. The lowest BCUT2D eigenvalue weighted by molar-refractivity contribution is 0.102. The summed E-state index contributed by atoms with van der Waals surface area (Å²) >= 11 is 0. The van der Waals surface area contributed by atoms with Crippen molar-refractivity contribution in [1.29, 1.82) is 0 Å². The average Bonchev–Trinajstić information content (AvgIpc) is 2.62. The van der Waals surface area contributed by atoms with E-state index in [0.29, 0.717) is 23.1 Å². The van der Waals surface area contributed by atoms with E-state index in [1.807, 2.05) is 6.92 Å². The van der Waals surface area contributed by atoms with Crippen LogP contribution >= 0.6 is 0 Å². The molecule has 1 aromatic carbocycles. The van der Waals surface area contributed by atoms with Gasteiger partial charge in [0, 0.05) is 30.0 Å². The van der Waals surface area contributed by atoms with Gasteiger partial charge in [-0.05, 0) is 30.7 Å². The number of carbonyl (C=O) groups is 1. The van der Waals surface area contributed by atoms with Gasteiger partial charge >= 0.3 is 0 Å². The number of hydrogen-bond donors (Lipinski definition) is 2. The summed E-state index contributed by atoms with van der Waals surface area (Å²) in [5, 5.41) is 13.7. The number of aromatic hydroxyl groups is 1.